The van der Waals surface area contributed by atoms with Crippen LogP contribution in [0, 0.1) is 0 Å². The van der Waals surface area contributed by atoms with E-state index in [1.54, 1.807) is 0 Å². The molecular formula is C11H11Cl2NO3. The predicted octanol–water partition coefficient (Wildman–Crippen LogP) is 2.54. The van der Waals surface area contributed by atoms with Crippen LogP contribution in [-0.2, 0) is 4.79 Å². The van der Waals surface area contributed by atoms with E-state index in [0.717, 1.165) is 4.90 Å². The van der Waals surface area contributed by atoms with Crippen molar-refractivity contribution in [2.24, 2.45) is 0 Å². The maximum Gasteiger partial charge on any atom is 0.326 e. The van der Waals surface area contributed by atoms with E-state index in [-0.39, 0.29) is 5.02 Å². The molecule has 6 heteroatoms. The van der Waals surface area contributed by atoms with Gasteiger partial charge in [0, 0.05) is 12.6 Å². The van der Waals surface area contributed by atoms with Crippen LogP contribution in [0.5, 0.6) is 0 Å². The minimum atomic E-state index is -1.07. The lowest BCUT2D eigenvalue weighted by molar-refractivity contribution is -0.141. The Labute approximate surface area is 109 Å². The summed E-state index contributed by atoms with van der Waals surface area (Å²) in [4.78, 5) is 23.8. The molecule has 92 valence electrons. The molecule has 17 heavy (non-hydrogen) atoms. The van der Waals surface area contributed by atoms with Crippen molar-refractivity contribution in [1.29, 1.82) is 0 Å². The molecule has 0 fully saturated rings. The van der Waals surface area contributed by atoms with Gasteiger partial charge in [0.05, 0.1) is 10.0 Å². The van der Waals surface area contributed by atoms with E-state index in [0.29, 0.717) is 10.6 Å². The van der Waals surface area contributed by atoms with Crippen molar-refractivity contribution < 1.29 is 14.7 Å². The number of likely N-dealkylation sites (N-methyl/N-ethyl adjacent to an activating group) is 1. The lowest BCUT2D eigenvalue weighted by Gasteiger charge is -2.21. The van der Waals surface area contributed by atoms with Crippen LogP contribution in [0.25, 0.3) is 0 Å². The molecule has 1 rings (SSSR count). The van der Waals surface area contributed by atoms with Crippen molar-refractivity contribution in [3.63, 3.8) is 0 Å². The molecule has 1 atom stereocenters. The van der Waals surface area contributed by atoms with Gasteiger partial charge in [-0.1, -0.05) is 23.2 Å². The van der Waals surface area contributed by atoms with E-state index in [1.807, 2.05) is 0 Å². The van der Waals surface area contributed by atoms with Crippen molar-refractivity contribution in [2.45, 2.75) is 13.0 Å². The van der Waals surface area contributed by atoms with Crippen LogP contribution in [0.3, 0.4) is 0 Å². The highest BCUT2D eigenvalue weighted by atomic mass is 35.5. The van der Waals surface area contributed by atoms with E-state index < -0.39 is 17.9 Å². The number of rotatable bonds is 3. The first-order chi connectivity index (χ1) is 7.84. The molecule has 0 aromatic heterocycles. The minimum absolute atomic E-state index is 0.258. The number of amides is 1. The second-order valence-electron chi connectivity index (χ2n) is 3.56. The van der Waals surface area contributed by atoms with Crippen LogP contribution in [-0.4, -0.2) is 35.0 Å². The summed E-state index contributed by atoms with van der Waals surface area (Å²) in [7, 11) is 1.42. The van der Waals surface area contributed by atoms with Crippen molar-refractivity contribution in [1.82, 2.24) is 4.90 Å². The fourth-order valence-electron chi connectivity index (χ4n) is 1.17. The van der Waals surface area contributed by atoms with Crippen molar-refractivity contribution in [2.75, 3.05) is 7.05 Å². The van der Waals surface area contributed by atoms with Crippen molar-refractivity contribution >= 4 is 35.1 Å². The number of hydrogen-bond donors (Lipinski definition) is 1. The first kappa shape index (κ1) is 13.8. The fourth-order valence-corrected chi connectivity index (χ4v) is 1.47. The quantitative estimate of drug-likeness (QED) is 0.922. The number of nitrogens with zero attached hydrogens (tertiary/aromatic N) is 1. The predicted molar refractivity (Wildman–Crippen MR) is 65.7 cm³/mol. The van der Waals surface area contributed by atoms with Crippen LogP contribution in [0.15, 0.2) is 18.2 Å². The Morgan fingerprint density at radius 2 is 1.88 bits per heavy atom. The van der Waals surface area contributed by atoms with E-state index in [2.05, 4.69) is 0 Å². The number of halogens is 2. The van der Waals surface area contributed by atoms with Gasteiger partial charge in [-0.25, -0.2) is 4.79 Å². The molecule has 1 N–H and O–H groups in total. The number of carbonyl (C=O) groups is 2. The molecule has 1 amide bonds. The molecule has 0 spiro atoms. The smallest absolute Gasteiger partial charge is 0.326 e. The highest BCUT2D eigenvalue weighted by Crippen LogP contribution is 2.23. The molecule has 0 heterocycles. The van der Waals surface area contributed by atoms with E-state index in [9.17, 15) is 9.59 Å². The largest absolute Gasteiger partial charge is 0.480 e. The molecule has 1 unspecified atom stereocenters. The number of carbonyl (C=O) groups excluding carboxylic acids is 1. The summed E-state index contributed by atoms with van der Waals surface area (Å²) in [5, 5.41) is 9.41. The van der Waals surface area contributed by atoms with Crippen LogP contribution in [0.2, 0.25) is 10.0 Å². The summed E-state index contributed by atoms with van der Waals surface area (Å²) in [5.41, 5.74) is 0.301. The Morgan fingerprint density at radius 3 is 2.35 bits per heavy atom. The van der Waals surface area contributed by atoms with Gasteiger partial charge in [0.25, 0.3) is 5.91 Å². The summed E-state index contributed by atoms with van der Waals surface area (Å²) < 4.78 is 0. The fraction of sp³-hybridized carbons (Fsp3) is 0.273. The topological polar surface area (TPSA) is 57.6 Å². The van der Waals surface area contributed by atoms with E-state index in [1.165, 1.54) is 32.2 Å². The summed E-state index contributed by atoms with van der Waals surface area (Å²) in [6.07, 6.45) is 0. The maximum absolute atomic E-state index is 11.9. The van der Waals surface area contributed by atoms with Gasteiger partial charge in [0.1, 0.15) is 6.04 Å². The van der Waals surface area contributed by atoms with Gasteiger partial charge in [-0.2, -0.15) is 0 Å². The highest BCUT2D eigenvalue weighted by Gasteiger charge is 2.22. The van der Waals surface area contributed by atoms with Crippen molar-refractivity contribution in [3.05, 3.63) is 33.8 Å². The number of carboxylic acids is 1. The number of aliphatic carboxylic acids is 1. The lowest BCUT2D eigenvalue weighted by Crippen LogP contribution is -2.40. The Bertz CT molecular complexity index is 462. The minimum Gasteiger partial charge on any atom is -0.480 e. The van der Waals surface area contributed by atoms with Gasteiger partial charge in [-0.05, 0) is 25.1 Å². The zero-order valence-electron chi connectivity index (χ0n) is 9.28. The maximum atomic E-state index is 11.9. The molecule has 1 aromatic rings. The molecule has 0 saturated carbocycles. The zero-order valence-corrected chi connectivity index (χ0v) is 10.8. The summed E-state index contributed by atoms with van der Waals surface area (Å²) in [5.74, 6) is -1.49. The molecule has 0 aliphatic carbocycles. The van der Waals surface area contributed by atoms with E-state index in [4.69, 9.17) is 28.3 Å². The second kappa shape index (κ2) is 5.38. The summed E-state index contributed by atoms with van der Waals surface area (Å²) in [6, 6.07) is 3.51. The average molecular weight is 276 g/mol. The molecule has 0 aliphatic rings. The van der Waals surface area contributed by atoms with Crippen LogP contribution in [0.1, 0.15) is 17.3 Å². The summed E-state index contributed by atoms with van der Waals surface area (Å²) in [6.45, 7) is 1.43. The molecule has 0 aliphatic heterocycles. The van der Waals surface area contributed by atoms with Gasteiger partial charge < -0.3 is 10.0 Å². The van der Waals surface area contributed by atoms with Crippen molar-refractivity contribution in [3.8, 4) is 0 Å². The first-order valence-electron chi connectivity index (χ1n) is 4.79. The molecular weight excluding hydrogens is 265 g/mol. The number of hydrogen-bond acceptors (Lipinski definition) is 2. The molecule has 1 aromatic carbocycles. The monoisotopic (exact) mass is 275 g/mol. The van der Waals surface area contributed by atoms with Crippen LogP contribution >= 0.6 is 23.2 Å². The van der Waals surface area contributed by atoms with Crippen LogP contribution in [0.4, 0.5) is 0 Å². The molecule has 0 saturated heterocycles. The molecule has 0 radical (unpaired) electrons. The lowest BCUT2D eigenvalue weighted by atomic mass is 10.2. The zero-order chi connectivity index (χ0) is 13.2. The Morgan fingerprint density at radius 1 is 1.29 bits per heavy atom. The third-order valence-electron chi connectivity index (χ3n) is 2.43. The standard InChI is InChI=1S/C11H11Cl2NO3/c1-6(11(16)17)14(2)10(15)7-3-4-8(12)9(13)5-7/h3-6H,1-2H3,(H,16,17). The molecule has 0 bridgehead atoms. The average Bonchev–Trinajstić information content (AvgIpc) is 2.29. The third-order valence-corrected chi connectivity index (χ3v) is 3.16. The van der Waals surface area contributed by atoms with Gasteiger partial charge >= 0.3 is 5.97 Å². The second-order valence-corrected chi connectivity index (χ2v) is 4.37. The SMILES string of the molecule is CC(C(=O)O)N(C)C(=O)c1ccc(Cl)c(Cl)c1. The van der Waals surface area contributed by atoms with Crippen LogP contribution < -0.4 is 0 Å². The van der Waals surface area contributed by atoms with Gasteiger partial charge in [0.15, 0.2) is 0 Å². The van der Waals surface area contributed by atoms with E-state index >= 15 is 0 Å². The normalized spacial score (nSPS) is 12.0. The highest BCUT2D eigenvalue weighted by molar-refractivity contribution is 6.42. The first-order valence-corrected chi connectivity index (χ1v) is 5.55. The van der Waals surface area contributed by atoms with Gasteiger partial charge in [0.2, 0.25) is 0 Å². The number of benzene rings is 1. The number of carboxylic acid groups (broad SMARTS) is 1. The van der Waals surface area contributed by atoms with Gasteiger partial charge in [-0.15, -0.1) is 0 Å². The van der Waals surface area contributed by atoms with Gasteiger partial charge in [-0.3, -0.25) is 4.79 Å². The Kier molecular flexibility index (Phi) is 4.37. The molecule has 4 nitrogen and oxygen atoms in total. The third kappa shape index (κ3) is 3.11. The summed E-state index contributed by atoms with van der Waals surface area (Å²) >= 11 is 11.5. The Balaban J connectivity index is 2.96. The Hall–Kier alpha value is -1.26.